The molecule has 0 aliphatic heterocycles. The van der Waals surface area contributed by atoms with Crippen LogP contribution >= 0.6 is 11.3 Å². The molecule has 0 spiro atoms. The molecule has 2 rings (SSSR count). The summed E-state index contributed by atoms with van der Waals surface area (Å²) in [6.45, 7) is 6.44. The van der Waals surface area contributed by atoms with Crippen LogP contribution in [0.1, 0.15) is 34.6 Å². The predicted octanol–water partition coefficient (Wildman–Crippen LogP) is 3.47. The third kappa shape index (κ3) is 4.68. The van der Waals surface area contributed by atoms with Crippen molar-refractivity contribution in [3.63, 3.8) is 0 Å². The molecule has 5 heteroatoms. The summed E-state index contributed by atoms with van der Waals surface area (Å²) in [6, 6.07) is 11.2. The lowest BCUT2D eigenvalue weighted by Gasteiger charge is -2.27. The zero-order chi connectivity index (χ0) is 17.7. The van der Waals surface area contributed by atoms with E-state index >= 15 is 0 Å². The largest absolute Gasteiger partial charge is 0.340 e. The Morgan fingerprint density at radius 1 is 1.17 bits per heavy atom. The average molecular weight is 344 g/mol. The molecule has 2 aromatic rings. The average Bonchev–Trinajstić information content (AvgIpc) is 3.08. The van der Waals surface area contributed by atoms with Crippen LogP contribution in [0.4, 0.5) is 0 Å². The van der Waals surface area contributed by atoms with E-state index < -0.39 is 6.04 Å². The first-order valence-corrected chi connectivity index (χ1v) is 8.91. The summed E-state index contributed by atoms with van der Waals surface area (Å²) >= 11 is 1.37. The summed E-state index contributed by atoms with van der Waals surface area (Å²) < 4.78 is 0. The van der Waals surface area contributed by atoms with E-state index in [0.29, 0.717) is 11.4 Å². The van der Waals surface area contributed by atoms with E-state index in [1.165, 1.54) is 16.9 Å². The van der Waals surface area contributed by atoms with Crippen molar-refractivity contribution in [3.05, 3.63) is 57.8 Å². The Morgan fingerprint density at radius 3 is 2.38 bits per heavy atom. The van der Waals surface area contributed by atoms with Gasteiger partial charge in [0, 0.05) is 13.6 Å². The molecule has 128 valence electrons. The van der Waals surface area contributed by atoms with Gasteiger partial charge >= 0.3 is 0 Å². The Hall–Kier alpha value is -2.14. The van der Waals surface area contributed by atoms with Gasteiger partial charge in [-0.2, -0.15) is 0 Å². The van der Waals surface area contributed by atoms with Crippen molar-refractivity contribution in [2.45, 2.75) is 33.4 Å². The monoisotopic (exact) mass is 344 g/mol. The van der Waals surface area contributed by atoms with E-state index in [-0.39, 0.29) is 17.7 Å². The molecule has 2 amide bonds. The molecule has 1 atom stereocenters. The van der Waals surface area contributed by atoms with Crippen LogP contribution < -0.4 is 5.32 Å². The molecule has 0 fully saturated rings. The molecular weight excluding hydrogens is 320 g/mol. The second kappa shape index (κ2) is 8.11. The van der Waals surface area contributed by atoms with E-state index in [1.807, 2.05) is 56.5 Å². The van der Waals surface area contributed by atoms with Crippen molar-refractivity contribution >= 4 is 23.2 Å². The smallest absolute Gasteiger partial charge is 0.262 e. The number of hydrogen-bond acceptors (Lipinski definition) is 3. The molecule has 1 aromatic heterocycles. The number of hydrogen-bond donors (Lipinski definition) is 1. The minimum absolute atomic E-state index is 0.0156. The summed E-state index contributed by atoms with van der Waals surface area (Å²) in [5, 5.41) is 4.73. The maximum absolute atomic E-state index is 12.8. The number of benzene rings is 1. The molecular formula is C19H24N2O2S. The number of likely N-dealkylation sites (N-methyl/N-ethyl adjacent to an activating group) is 1. The number of nitrogens with zero attached hydrogens (tertiary/aromatic N) is 1. The van der Waals surface area contributed by atoms with Crippen LogP contribution in [0.5, 0.6) is 0 Å². The minimum atomic E-state index is -0.532. The molecule has 1 unspecified atom stereocenters. The van der Waals surface area contributed by atoms with E-state index in [9.17, 15) is 9.59 Å². The highest BCUT2D eigenvalue weighted by Crippen LogP contribution is 2.13. The predicted molar refractivity (Wildman–Crippen MR) is 98.1 cm³/mol. The van der Waals surface area contributed by atoms with Crippen LogP contribution in [-0.2, 0) is 11.3 Å². The Labute approximate surface area is 147 Å². The molecule has 0 aliphatic rings. The highest BCUT2D eigenvalue weighted by Gasteiger charge is 2.27. The molecule has 24 heavy (non-hydrogen) atoms. The minimum Gasteiger partial charge on any atom is -0.340 e. The Kier molecular flexibility index (Phi) is 6.15. The van der Waals surface area contributed by atoms with Gasteiger partial charge < -0.3 is 10.2 Å². The molecule has 1 aromatic carbocycles. The summed E-state index contributed by atoms with van der Waals surface area (Å²) in [7, 11) is 1.77. The van der Waals surface area contributed by atoms with Crippen LogP contribution in [0.2, 0.25) is 0 Å². The number of nitrogens with one attached hydrogen (secondary N) is 1. The highest BCUT2D eigenvalue weighted by molar-refractivity contribution is 7.12. The number of carbonyl (C=O) groups excluding carboxylic acids is 2. The first kappa shape index (κ1) is 18.2. The van der Waals surface area contributed by atoms with Gasteiger partial charge in [-0.25, -0.2) is 0 Å². The van der Waals surface area contributed by atoms with Gasteiger partial charge in [-0.05, 0) is 29.9 Å². The molecule has 0 aliphatic carbocycles. The van der Waals surface area contributed by atoms with Gasteiger partial charge in [0.15, 0.2) is 0 Å². The topological polar surface area (TPSA) is 49.4 Å². The van der Waals surface area contributed by atoms with Gasteiger partial charge in [-0.3, -0.25) is 9.59 Å². The summed E-state index contributed by atoms with van der Waals surface area (Å²) in [4.78, 5) is 27.3. The zero-order valence-corrected chi connectivity index (χ0v) is 15.4. The third-order valence-electron chi connectivity index (χ3n) is 3.88. The van der Waals surface area contributed by atoms with Crippen molar-refractivity contribution < 1.29 is 9.59 Å². The molecule has 1 N–H and O–H groups in total. The maximum atomic E-state index is 12.8. The van der Waals surface area contributed by atoms with Crippen molar-refractivity contribution in [2.75, 3.05) is 7.05 Å². The third-order valence-corrected chi connectivity index (χ3v) is 4.75. The van der Waals surface area contributed by atoms with Crippen LogP contribution in [0.3, 0.4) is 0 Å². The van der Waals surface area contributed by atoms with Crippen LogP contribution in [0, 0.1) is 12.8 Å². The maximum Gasteiger partial charge on any atom is 0.262 e. The molecule has 4 nitrogen and oxygen atoms in total. The van der Waals surface area contributed by atoms with Gasteiger partial charge in [0.25, 0.3) is 5.91 Å². The van der Waals surface area contributed by atoms with Crippen LogP contribution in [-0.4, -0.2) is 29.8 Å². The summed E-state index contributed by atoms with van der Waals surface area (Å²) in [5.41, 5.74) is 2.26. The molecule has 0 saturated carbocycles. The molecule has 0 radical (unpaired) electrons. The Morgan fingerprint density at radius 2 is 1.83 bits per heavy atom. The Bertz CT molecular complexity index is 678. The van der Waals surface area contributed by atoms with Crippen molar-refractivity contribution in [2.24, 2.45) is 5.92 Å². The summed E-state index contributed by atoms with van der Waals surface area (Å²) in [5.74, 6) is -0.252. The van der Waals surface area contributed by atoms with Crippen LogP contribution in [0.15, 0.2) is 41.8 Å². The second-order valence-corrected chi connectivity index (χ2v) is 7.30. The number of rotatable bonds is 6. The molecule has 1 heterocycles. The Balaban J connectivity index is 2.04. The number of thiophene rings is 1. The van der Waals surface area contributed by atoms with Crippen molar-refractivity contribution in [3.8, 4) is 0 Å². The lowest BCUT2D eigenvalue weighted by Crippen LogP contribution is -2.49. The summed E-state index contributed by atoms with van der Waals surface area (Å²) in [6.07, 6.45) is 0. The van der Waals surface area contributed by atoms with Gasteiger partial charge in [0.1, 0.15) is 6.04 Å². The van der Waals surface area contributed by atoms with E-state index in [2.05, 4.69) is 5.32 Å². The normalized spacial score (nSPS) is 12.0. The van der Waals surface area contributed by atoms with Gasteiger partial charge in [0.2, 0.25) is 5.91 Å². The molecule has 0 saturated heterocycles. The van der Waals surface area contributed by atoms with Gasteiger partial charge in [-0.15, -0.1) is 11.3 Å². The first-order chi connectivity index (χ1) is 11.4. The number of carbonyl (C=O) groups is 2. The van der Waals surface area contributed by atoms with E-state index in [1.54, 1.807) is 18.0 Å². The fraction of sp³-hybridized carbons (Fsp3) is 0.368. The molecule has 0 bridgehead atoms. The standard InChI is InChI=1S/C19H24N2O2S/c1-13(2)17(20-18(22)16-6-5-11-24-16)19(23)21(4)12-15-9-7-14(3)8-10-15/h5-11,13,17H,12H2,1-4H3,(H,20,22). The number of aryl methyl sites for hydroxylation is 1. The van der Waals surface area contributed by atoms with E-state index in [4.69, 9.17) is 0 Å². The SMILES string of the molecule is Cc1ccc(CN(C)C(=O)C(NC(=O)c2cccs2)C(C)C)cc1. The van der Waals surface area contributed by atoms with Gasteiger partial charge in [-0.1, -0.05) is 49.7 Å². The van der Waals surface area contributed by atoms with Gasteiger partial charge in [0.05, 0.1) is 4.88 Å². The van der Waals surface area contributed by atoms with E-state index in [0.717, 1.165) is 5.56 Å². The lowest BCUT2D eigenvalue weighted by molar-refractivity contribution is -0.133. The highest BCUT2D eigenvalue weighted by atomic mass is 32.1. The van der Waals surface area contributed by atoms with Crippen molar-refractivity contribution in [1.82, 2.24) is 10.2 Å². The van der Waals surface area contributed by atoms with Crippen molar-refractivity contribution in [1.29, 1.82) is 0 Å². The quantitative estimate of drug-likeness (QED) is 0.872. The van der Waals surface area contributed by atoms with Crippen LogP contribution in [0.25, 0.3) is 0 Å². The fourth-order valence-electron chi connectivity index (χ4n) is 2.42. The second-order valence-electron chi connectivity index (χ2n) is 6.35. The lowest BCUT2D eigenvalue weighted by atomic mass is 10.0. The number of amides is 2. The first-order valence-electron chi connectivity index (χ1n) is 8.03. The fourth-order valence-corrected chi connectivity index (χ4v) is 3.04. The zero-order valence-electron chi connectivity index (χ0n) is 14.6.